The van der Waals surface area contributed by atoms with Crippen LogP contribution in [0.1, 0.15) is 62.1 Å². The van der Waals surface area contributed by atoms with Crippen molar-refractivity contribution in [2.24, 2.45) is 17.8 Å². The molecule has 3 atom stereocenters. The number of benzene rings is 2. The first-order valence-corrected chi connectivity index (χ1v) is 13.9. The molecule has 38 heavy (non-hydrogen) atoms. The SMILES string of the molecule is CC(C)C(C(=O)O)N1CC(CN2CCC(CCCc3ccc(F)c(C#N)c3)CC2)C(c2cccc(F)c2)C1. The van der Waals surface area contributed by atoms with Gasteiger partial charge in [0, 0.05) is 25.6 Å². The van der Waals surface area contributed by atoms with Crippen molar-refractivity contribution in [3.63, 3.8) is 0 Å². The van der Waals surface area contributed by atoms with Gasteiger partial charge in [-0.05, 0) is 91.9 Å². The van der Waals surface area contributed by atoms with Crippen molar-refractivity contribution in [3.05, 3.63) is 70.8 Å². The Balaban J connectivity index is 1.32. The molecule has 2 aliphatic heterocycles. The molecule has 0 bridgehead atoms. The molecule has 0 amide bonds. The van der Waals surface area contributed by atoms with Crippen LogP contribution in [0.25, 0.3) is 0 Å². The lowest BCUT2D eigenvalue weighted by molar-refractivity contribution is -0.144. The Morgan fingerprint density at radius 1 is 1.13 bits per heavy atom. The van der Waals surface area contributed by atoms with Crippen LogP contribution in [0, 0.1) is 40.7 Å². The van der Waals surface area contributed by atoms with Gasteiger partial charge in [0.25, 0.3) is 0 Å². The van der Waals surface area contributed by atoms with Gasteiger partial charge in [-0.15, -0.1) is 0 Å². The third-order valence-electron chi connectivity index (χ3n) is 8.45. The van der Waals surface area contributed by atoms with E-state index in [4.69, 9.17) is 5.26 Å². The number of aliphatic carboxylic acids is 1. The number of rotatable bonds is 10. The topological polar surface area (TPSA) is 67.6 Å². The Labute approximate surface area is 225 Å². The first-order valence-electron chi connectivity index (χ1n) is 13.9. The molecule has 4 rings (SSSR count). The molecular weight excluding hydrogens is 484 g/mol. The molecular formula is C31H39F2N3O2. The second-order valence-electron chi connectivity index (χ2n) is 11.5. The van der Waals surface area contributed by atoms with Crippen molar-refractivity contribution in [3.8, 4) is 6.07 Å². The summed E-state index contributed by atoms with van der Waals surface area (Å²) in [6, 6.07) is 13.0. The largest absolute Gasteiger partial charge is 0.480 e. The summed E-state index contributed by atoms with van der Waals surface area (Å²) in [5, 5.41) is 18.9. The highest BCUT2D eigenvalue weighted by Gasteiger charge is 2.41. The minimum Gasteiger partial charge on any atom is -0.480 e. The Morgan fingerprint density at radius 3 is 2.55 bits per heavy atom. The third kappa shape index (κ3) is 6.98. The number of likely N-dealkylation sites (tertiary alicyclic amines) is 2. The van der Waals surface area contributed by atoms with Crippen LogP contribution < -0.4 is 0 Å². The maximum atomic E-state index is 14.1. The maximum Gasteiger partial charge on any atom is 0.321 e. The lowest BCUT2D eigenvalue weighted by Crippen LogP contribution is -2.44. The maximum absolute atomic E-state index is 14.1. The van der Waals surface area contributed by atoms with Crippen LogP contribution in [0.4, 0.5) is 8.78 Å². The Hall–Kier alpha value is -2.82. The summed E-state index contributed by atoms with van der Waals surface area (Å²) in [4.78, 5) is 16.6. The number of halogens is 2. The molecule has 2 aromatic carbocycles. The number of hydrogen-bond acceptors (Lipinski definition) is 4. The van der Waals surface area contributed by atoms with Crippen LogP contribution in [0.2, 0.25) is 0 Å². The first kappa shape index (κ1) is 28.2. The molecule has 3 unspecified atom stereocenters. The zero-order chi connectivity index (χ0) is 27.2. The number of carboxylic acids is 1. The summed E-state index contributed by atoms with van der Waals surface area (Å²) in [6.07, 6.45) is 5.23. The second kappa shape index (κ2) is 12.8. The molecule has 0 aliphatic carbocycles. The number of carboxylic acid groups (broad SMARTS) is 1. The van der Waals surface area contributed by atoms with E-state index in [0.717, 1.165) is 62.9 Å². The smallest absolute Gasteiger partial charge is 0.321 e. The molecule has 204 valence electrons. The summed E-state index contributed by atoms with van der Waals surface area (Å²) >= 11 is 0. The summed E-state index contributed by atoms with van der Waals surface area (Å²) in [5.41, 5.74) is 2.08. The minimum atomic E-state index is -0.788. The first-order chi connectivity index (χ1) is 18.2. The molecule has 0 aromatic heterocycles. The van der Waals surface area contributed by atoms with Crippen LogP contribution in [0.3, 0.4) is 0 Å². The molecule has 2 heterocycles. The number of nitriles is 1. The number of carbonyl (C=O) groups is 1. The highest BCUT2D eigenvalue weighted by molar-refractivity contribution is 5.73. The Morgan fingerprint density at radius 2 is 1.89 bits per heavy atom. The fraction of sp³-hybridized carbons (Fsp3) is 0.548. The van der Waals surface area contributed by atoms with E-state index in [0.29, 0.717) is 19.0 Å². The van der Waals surface area contributed by atoms with Crippen LogP contribution in [-0.4, -0.2) is 59.6 Å². The van der Waals surface area contributed by atoms with E-state index in [2.05, 4.69) is 9.80 Å². The number of nitrogens with zero attached hydrogens (tertiary/aromatic N) is 3. The summed E-state index contributed by atoms with van der Waals surface area (Å²) < 4.78 is 27.6. The molecule has 5 nitrogen and oxygen atoms in total. The highest BCUT2D eigenvalue weighted by Crippen LogP contribution is 2.36. The molecule has 0 saturated carbocycles. The van der Waals surface area contributed by atoms with E-state index < -0.39 is 17.8 Å². The van der Waals surface area contributed by atoms with Crippen molar-refractivity contribution < 1.29 is 18.7 Å². The van der Waals surface area contributed by atoms with E-state index in [-0.39, 0.29) is 29.1 Å². The average Bonchev–Trinajstić information content (AvgIpc) is 3.28. The van der Waals surface area contributed by atoms with E-state index in [1.54, 1.807) is 24.3 Å². The Kier molecular flexibility index (Phi) is 9.51. The van der Waals surface area contributed by atoms with Gasteiger partial charge in [0.05, 0.1) is 5.56 Å². The van der Waals surface area contributed by atoms with Gasteiger partial charge in [0.2, 0.25) is 0 Å². The van der Waals surface area contributed by atoms with Gasteiger partial charge >= 0.3 is 5.97 Å². The van der Waals surface area contributed by atoms with Gasteiger partial charge in [0.1, 0.15) is 23.7 Å². The second-order valence-corrected chi connectivity index (χ2v) is 11.5. The van der Waals surface area contributed by atoms with Crippen molar-refractivity contribution in [2.45, 2.75) is 57.9 Å². The van der Waals surface area contributed by atoms with Gasteiger partial charge < -0.3 is 10.0 Å². The molecule has 2 aliphatic rings. The lowest BCUT2D eigenvalue weighted by Gasteiger charge is -2.35. The normalized spacial score (nSPS) is 22.0. The zero-order valence-electron chi connectivity index (χ0n) is 22.5. The molecule has 2 saturated heterocycles. The predicted molar refractivity (Wildman–Crippen MR) is 144 cm³/mol. The van der Waals surface area contributed by atoms with Gasteiger partial charge in [0.15, 0.2) is 0 Å². The number of hydrogen-bond donors (Lipinski definition) is 1. The molecule has 0 radical (unpaired) electrons. The van der Waals surface area contributed by atoms with Gasteiger partial charge in [-0.2, -0.15) is 5.26 Å². The predicted octanol–water partition coefficient (Wildman–Crippen LogP) is 5.70. The van der Waals surface area contributed by atoms with Crippen molar-refractivity contribution in [2.75, 3.05) is 32.7 Å². The van der Waals surface area contributed by atoms with Crippen LogP contribution >= 0.6 is 0 Å². The molecule has 2 fully saturated rings. The van der Waals surface area contributed by atoms with E-state index in [9.17, 15) is 18.7 Å². The Bertz CT molecular complexity index is 1140. The summed E-state index contributed by atoms with van der Waals surface area (Å²) in [6.45, 7) is 8.16. The van der Waals surface area contributed by atoms with Gasteiger partial charge in [-0.1, -0.05) is 38.5 Å². The standard InChI is InChI=1S/C31H39F2N3O2/c1-21(2)30(31(37)38)36-19-26(28(20-36)24-7-4-8-27(32)16-24)18-35-13-11-22(12-14-35)5-3-6-23-9-10-29(33)25(15-23)17-34/h4,7-10,15-16,21-22,26,28,30H,3,5-6,11-14,18-20H2,1-2H3,(H,37,38). The van der Waals surface area contributed by atoms with E-state index in [1.807, 2.05) is 26.0 Å². The highest BCUT2D eigenvalue weighted by atomic mass is 19.1. The minimum absolute atomic E-state index is 0.00319. The fourth-order valence-corrected chi connectivity index (χ4v) is 6.49. The number of piperidine rings is 1. The van der Waals surface area contributed by atoms with Crippen molar-refractivity contribution in [1.29, 1.82) is 5.26 Å². The van der Waals surface area contributed by atoms with Crippen molar-refractivity contribution in [1.82, 2.24) is 9.80 Å². The molecule has 0 spiro atoms. The quantitative estimate of drug-likeness (QED) is 0.433. The number of aryl methyl sites for hydroxylation is 1. The summed E-state index contributed by atoms with van der Waals surface area (Å²) in [5.74, 6) is -0.487. The summed E-state index contributed by atoms with van der Waals surface area (Å²) in [7, 11) is 0. The van der Waals surface area contributed by atoms with Crippen molar-refractivity contribution >= 4 is 5.97 Å². The molecule has 1 N–H and O–H groups in total. The molecule has 2 aromatic rings. The van der Waals surface area contributed by atoms with Gasteiger partial charge in [-0.25, -0.2) is 8.78 Å². The van der Waals surface area contributed by atoms with Crippen LogP contribution in [0.5, 0.6) is 0 Å². The lowest BCUT2D eigenvalue weighted by atomic mass is 9.86. The van der Waals surface area contributed by atoms with E-state index in [1.165, 1.54) is 12.1 Å². The van der Waals surface area contributed by atoms with Gasteiger partial charge in [-0.3, -0.25) is 9.69 Å². The molecule has 7 heteroatoms. The zero-order valence-corrected chi connectivity index (χ0v) is 22.5. The fourth-order valence-electron chi connectivity index (χ4n) is 6.49. The third-order valence-corrected chi connectivity index (χ3v) is 8.45. The van der Waals surface area contributed by atoms with Crippen LogP contribution in [-0.2, 0) is 11.2 Å². The van der Waals surface area contributed by atoms with E-state index >= 15 is 0 Å². The monoisotopic (exact) mass is 523 g/mol. The average molecular weight is 524 g/mol. The van der Waals surface area contributed by atoms with Crippen LogP contribution in [0.15, 0.2) is 42.5 Å².